The number of ether oxygens (including phenoxy) is 2. The summed E-state index contributed by atoms with van der Waals surface area (Å²) in [6.45, 7) is 1.46. The summed E-state index contributed by atoms with van der Waals surface area (Å²) in [5, 5.41) is 7.20. The second kappa shape index (κ2) is 7.72. The van der Waals surface area contributed by atoms with Crippen molar-refractivity contribution in [3.8, 4) is 11.5 Å². The van der Waals surface area contributed by atoms with Gasteiger partial charge in [0.25, 0.3) is 0 Å². The highest BCUT2D eigenvalue weighted by molar-refractivity contribution is 6.32. The number of carbonyl (C=O) groups is 1. The molecule has 0 spiro atoms. The number of hydrogen-bond donors (Lipinski definition) is 2. The van der Waals surface area contributed by atoms with Gasteiger partial charge >= 0.3 is 6.03 Å². The first-order valence-corrected chi connectivity index (χ1v) is 9.05. The van der Waals surface area contributed by atoms with E-state index in [1.807, 2.05) is 42.5 Å². The van der Waals surface area contributed by atoms with Crippen LogP contribution in [0.25, 0.3) is 10.9 Å². The van der Waals surface area contributed by atoms with E-state index in [1.54, 1.807) is 6.20 Å². The minimum absolute atomic E-state index is 0.281. The Labute approximate surface area is 161 Å². The molecule has 1 aliphatic rings. The number of pyridine rings is 1. The average molecular weight is 384 g/mol. The van der Waals surface area contributed by atoms with Crippen LogP contribution in [0.4, 0.5) is 10.5 Å². The average Bonchev–Trinajstić information content (AvgIpc) is 2.68. The van der Waals surface area contributed by atoms with Crippen LogP contribution in [-0.2, 0) is 6.42 Å². The van der Waals surface area contributed by atoms with Gasteiger partial charge in [-0.3, -0.25) is 4.98 Å². The summed E-state index contributed by atoms with van der Waals surface area (Å²) in [5.74, 6) is 1.23. The van der Waals surface area contributed by atoms with Crippen LogP contribution >= 0.6 is 11.6 Å². The Hall–Kier alpha value is -2.99. The van der Waals surface area contributed by atoms with Crippen molar-refractivity contribution in [2.24, 2.45) is 0 Å². The van der Waals surface area contributed by atoms with E-state index >= 15 is 0 Å². The molecular weight excluding hydrogens is 366 g/mol. The van der Waals surface area contributed by atoms with Crippen molar-refractivity contribution >= 4 is 34.2 Å². The maximum Gasteiger partial charge on any atom is 0.319 e. The lowest BCUT2D eigenvalue weighted by Crippen LogP contribution is -2.30. The fourth-order valence-corrected chi connectivity index (χ4v) is 3.29. The number of halogens is 1. The molecule has 138 valence electrons. The summed E-state index contributed by atoms with van der Waals surface area (Å²) < 4.78 is 11.1. The molecule has 0 saturated carbocycles. The van der Waals surface area contributed by atoms with Gasteiger partial charge in [-0.25, -0.2) is 4.79 Å². The van der Waals surface area contributed by atoms with Gasteiger partial charge in [-0.05, 0) is 36.2 Å². The normalized spacial score (nSPS) is 12.6. The van der Waals surface area contributed by atoms with E-state index < -0.39 is 0 Å². The first-order chi connectivity index (χ1) is 13.2. The largest absolute Gasteiger partial charge is 0.486 e. The first-order valence-electron chi connectivity index (χ1n) is 8.67. The molecule has 3 aromatic rings. The molecule has 2 heterocycles. The van der Waals surface area contributed by atoms with Crippen LogP contribution in [0.1, 0.15) is 5.56 Å². The highest BCUT2D eigenvalue weighted by atomic mass is 35.5. The number of urea groups is 1. The highest BCUT2D eigenvalue weighted by Gasteiger charge is 2.16. The zero-order valence-corrected chi connectivity index (χ0v) is 15.3. The predicted octanol–water partition coefficient (Wildman–Crippen LogP) is 4.02. The number of nitrogens with zero attached hydrogens (tertiary/aromatic N) is 1. The van der Waals surface area contributed by atoms with Gasteiger partial charge in [0, 0.05) is 18.1 Å². The molecule has 1 aliphatic heterocycles. The quantitative estimate of drug-likeness (QED) is 0.713. The molecule has 0 radical (unpaired) electrons. The van der Waals surface area contributed by atoms with Crippen molar-refractivity contribution < 1.29 is 14.3 Å². The number of anilines is 1. The van der Waals surface area contributed by atoms with Crippen LogP contribution in [0.15, 0.2) is 48.7 Å². The van der Waals surface area contributed by atoms with Gasteiger partial charge in [0.05, 0.1) is 16.2 Å². The zero-order chi connectivity index (χ0) is 18.6. The molecular formula is C20H18ClN3O3. The molecule has 0 fully saturated rings. The molecule has 1 aromatic heterocycles. The van der Waals surface area contributed by atoms with E-state index in [4.69, 9.17) is 21.1 Å². The van der Waals surface area contributed by atoms with E-state index in [0.29, 0.717) is 48.4 Å². The Morgan fingerprint density at radius 3 is 2.93 bits per heavy atom. The fraction of sp³-hybridized carbons (Fsp3) is 0.200. The number of carbonyl (C=O) groups excluding carboxylic acids is 1. The van der Waals surface area contributed by atoms with Crippen molar-refractivity contribution in [3.05, 3.63) is 59.2 Å². The summed E-state index contributed by atoms with van der Waals surface area (Å²) in [5.41, 5.74) is 2.40. The lowest BCUT2D eigenvalue weighted by molar-refractivity contribution is 0.171. The van der Waals surface area contributed by atoms with E-state index in [1.165, 1.54) is 0 Å². The Morgan fingerprint density at radius 1 is 1.15 bits per heavy atom. The molecule has 4 rings (SSSR count). The molecule has 0 aliphatic carbocycles. The van der Waals surface area contributed by atoms with Gasteiger partial charge < -0.3 is 20.1 Å². The standard InChI is InChI=1S/C20H18ClN3O3/c21-15-11-13(12-17-19(15)27-10-9-26-17)6-8-23-20(25)24-16-5-1-3-14-4-2-7-22-18(14)16/h1-5,7,11-12H,6,8-10H2,(H2,23,24,25). The molecule has 2 aromatic carbocycles. The Morgan fingerprint density at radius 2 is 2.00 bits per heavy atom. The van der Waals surface area contributed by atoms with Gasteiger partial charge in [0.2, 0.25) is 0 Å². The number of benzene rings is 2. The van der Waals surface area contributed by atoms with Crippen LogP contribution < -0.4 is 20.1 Å². The summed E-state index contributed by atoms with van der Waals surface area (Å²) in [7, 11) is 0. The third kappa shape index (κ3) is 3.90. The van der Waals surface area contributed by atoms with Crippen molar-refractivity contribution in [3.63, 3.8) is 0 Å². The van der Waals surface area contributed by atoms with Crippen LogP contribution in [-0.4, -0.2) is 30.8 Å². The van der Waals surface area contributed by atoms with E-state index in [2.05, 4.69) is 15.6 Å². The predicted molar refractivity (Wildman–Crippen MR) is 105 cm³/mol. The minimum Gasteiger partial charge on any atom is -0.486 e. The monoisotopic (exact) mass is 383 g/mol. The van der Waals surface area contributed by atoms with Gasteiger partial charge in [-0.1, -0.05) is 29.8 Å². The molecule has 2 amide bonds. The number of fused-ring (bicyclic) bond motifs is 2. The number of rotatable bonds is 4. The van der Waals surface area contributed by atoms with Crippen molar-refractivity contribution in [2.45, 2.75) is 6.42 Å². The van der Waals surface area contributed by atoms with E-state index in [0.717, 1.165) is 16.5 Å². The van der Waals surface area contributed by atoms with Gasteiger partial charge in [0.15, 0.2) is 11.5 Å². The smallest absolute Gasteiger partial charge is 0.319 e. The van der Waals surface area contributed by atoms with Crippen molar-refractivity contribution in [1.29, 1.82) is 0 Å². The molecule has 2 N–H and O–H groups in total. The first kappa shape index (κ1) is 17.4. The second-order valence-electron chi connectivity index (χ2n) is 6.11. The molecule has 0 atom stereocenters. The zero-order valence-electron chi connectivity index (χ0n) is 14.5. The number of para-hydroxylation sites is 1. The lowest BCUT2D eigenvalue weighted by atomic mass is 10.1. The lowest BCUT2D eigenvalue weighted by Gasteiger charge is -2.20. The fourth-order valence-electron chi connectivity index (χ4n) is 3.00. The van der Waals surface area contributed by atoms with Gasteiger partial charge in [0.1, 0.15) is 13.2 Å². The molecule has 7 heteroatoms. The van der Waals surface area contributed by atoms with Crippen LogP contribution in [0, 0.1) is 0 Å². The van der Waals surface area contributed by atoms with Crippen molar-refractivity contribution in [2.75, 3.05) is 25.1 Å². The number of hydrogen-bond acceptors (Lipinski definition) is 4. The molecule has 6 nitrogen and oxygen atoms in total. The third-order valence-corrected chi connectivity index (χ3v) is 4.52. The molecule has 0 saturated heterocycles. The van der Waals surface area contributed by atoms with E-state index in [-0.39, 0.29) is 6.03 Å². The maximum absolute atomic E-state index is 12.2. The Bertz CT molecular complexity index is 988. The summed E-state index contributed by atoms with van der Waals surface area (Å²) >= 11 is 6.24. The van der Waals surface area contributed by atoms with Gasteiger partial charge in [-0.2, -0.15) is 0 Å². The molecule has 0 bridgehead atoms. The summed E-state index contributed by atoms with van der Waals surface area (Å²) in [4.78, 5) is 16.6. The Balaban J connectivity index is 1.36. The number of aromatic nitrogens is 1. The minimum atomic E-state index is -0.281. The molecule has 0 unspecified atom stereocenters. The van der Waals surface area contributed by atoms with Crippen molar-refractivity contribution in [1.82, 2.24) is 10.3 Å². The SMILES string of the molecule is O=C(NCCc1cc(Cl)c2c(c1)OCCO2)Nc1cccc2cccnc12. The maximum atomic E-state index is 12.2. The van der Waals surface area contributed by atoms with E-state index in [9.17, 15) is 4.79 Å². The number of amides is 2. The van der Waals surface area contributed by atoms with Gasteiger partial charge in [-0.15, -0.1) is 0 Å². The Kier molecular flexibility index (Phi) is 4.98. The second-order valence-corrected chi connectivity index (χ2v) is 6.52. The topological polar surface area (TPSA) is 72.5 Å². The molecule has 27 heavy (non-hydrogen) atoms. The number of nitrogens with one attached hydrogen (secondary N) is 2. The van der Waals surface area contributed by atoms with Crippen LogP contribution in [0.5, 0.6) is 11.5 Å². The third-order valence-electron chi connectivity index (χ3n) is 4.24. The summed E-state index contributed by atoms with van der Waals surface area (Å²) in [6.07, 6.45) is 2.33. The summed E-state index contributed by atoms with van der Waals surface area (Å²) in [6, 6.07) is 12.9. The highest BCUT2D eigenvalue weighted by Crippen LogP contribution is 2.38. The van der Waals surface area contributed by atoms with Crippen LogP contribution in [0.2, 0.25) is 5.02 Å². The van der Waals surface area contributed by atoms with Crippen LogP contribution in [0.3, 0.4) is 0 Å².